The number of aromatic nitrogens is 2. The van der Waals surface area contributed by atoms with Gasteiger partial charge in [0.05, 0.1) is 27.2 Å². The highest BCUT2D eigenvalue weighted by molar-refractivity contribution is 14.1. The van der Waals surface area contributed by atoms with E-state index in [1.165, 1.54) is 4.57 Å². The fraction of sp³-hybridized carbons (Fsp3) is 0.417. The molecule has 1 saturated heterocycles. The molecule has 3 rings (SSSR count). The highest BCUT2D eigenvalue weighted by Crippen LogP contribution is 2.37. The summed E-state index contributed by atoms with van der Waals surface area (Å²) in [6, 6.07) is 3.20. The fourth-order valence-corrected chi connectivity index (χ4v) is 3.70. The van der Waals surface area contributed by atoms with Crippen molar-refractivity contribution in [3.8, 4) is 0 Å². The molecule has 21 heavy (non-hydrogen) atoms. The van der Waals surface area contributed by atoms with Gasteiger partial charge < -0.3 is 14.9 Å². The van der Waals surface area contributed by atoms with Gasteiger partial charge in [-0.3, -0.25) is 4.57 Å². The molecule has 1 aromatic carbocycles. The highest BCUT2D eigenvalue weighted by atomic mass is 127. The van der Waals surface area contributed by atoms with E-state index in [2.05, 4.69) is 27.6 Å². The topological polar surface area (TPSA) is 67.5 Å². The van der Waals surface area contributed by atoms with Crippen molar-refractivity contribution in [2.45, 2.75) is 24.5 Å². The monoisotopic (exact) mass is 462 g/mol. The molecule has 5 nitrogen and oxygen atoms in total. The summed E-state index contributed by atoms with van der Waals surface area (Å²) in [6.45, 7) is 0. The van der Waals surface area contributed by atoms with Crippen molar-refractivity contribution >= 4 is 68.4 Å². The van der Waals surface area contributed by atoms with Crippen LogP contribution in [0.15, 0.2) is 12.1 Å². The Morgan fingerprint density at radius 2 is 1.86 bits per heavy atom. The minimum Gasteiger partial charge on any atom is -0.387 e. The number of hydrogen-bond acceptors (Lipinski definition) is 4. The second kappa shape index (κ2) is 5.99. The molecule has 2 aromatic rings. The highest BCUT2D eigenvalue weighted by Gasteiger charge is 2.44. The number of fused-ring (bicyclic) bond motifs is 1. The Morgan fingerprint density at radius 3 is 2.48 bits per heavy atom. The number of aliphatic hydroxyl groups excluding tert-OH is 2. The lowest BCUT2D eigenvalue weighted by molar-refractivity contribution is -0.0278. The second-order valence-corrected chi connectivity index (χ2v) is 6.74. The summed E-state index contributed by atoms with van der Waals surface area (Å²) in [7, 11) is 0. The number of benzene rings is 1. The van der Waals surface area contributed by atoms with Crippen LogP contribution in [0.2, 0.25) is 15.3 Å². The maximum atomic E-state index is 10.2. The largest absolute Gasteiger partial charge is 0.387 e. The van der Waals surface area contributed by atoms with Crippen molar-refractivity contribution in [2.24, 2.45) is 0 Å². The molecule has 0 amide bonds. The summed E-state index contributed by atoms with van der Waals surface area (Å²) in [5.41, 5.74) is 1.12. The van der Waals surface area contributed by atoms with E-state index in [4.69, 9.17) is 39.5 Å². The molecule has 4 unspecified atom stereocenters. The second-order valence-electron chi connectivity index (χ2n) is 4.71. The molecule has 2 N–H and O–H groups in total. The number of nitrogens with zero attached hydrogens (tertiary/aromatic N) is 2. The summed E-state index contributed by atoms with van der Waals surface area (Å²) in [6.07, 6.45) is -3.38. The Kier molecular flexibility index (Phi) is 4.58. The number of aliphatic hydroxyl groups is 2. The predicted octanol–water partition coefficient (Wildman–Crippen LogP) is 3.05. The van der Waals surface area contributed by atoms with Crippen LogP contribution in [0.25, 0.3) is 11.0 Å². The van der Waals surface area contributed by atoms with E-state index in [1.807, 2.05) is 0 Å². The molecule has 2 heterocycles. The van der Waals surface area contributed by atoms with Crippen molar-refractivity contribution in [3.63, 3.8) is 0 Å². The Labute approximate surface area is 148 Å². The van der Waals surface area contributed by atoms with Crippen molar-refractivity contribution in [1.29, 1.82) is 0 Å². The first-order valence-corrected chi connectivity index (χ1v) is 8.70. The summed E-state index contributed by atoms with van der Waals surface area (Å²) >= 11 is 20.2. The molecule has 1 aliphatic heterocycles. The molecular weight excluding hydrogens is 453 g/mol. The Balaban J connectivity index is 2.12. The van der Waals surface area contributed by atoms with Crippen LogP contribution in [0, 0.1) is 0 Å². The summed E-state index contributed by atoms with van der Waals surface area (Å²) in [5, 5.41) is 21.0. The first kappa shape index (κ1) is 16.0. The molecule has 0 radical (unpaired) electrons. The van der Waals surface area contributed by atoms with Gasteiger partial charge in [0, 0.05) is 4.43 Å². The molecule has 1 fully saturated rings. The van der Waals surface area contributed by atoms with Crippen molar-refractivity contribution in [2.75, 3.05) is 4.43 Å². The molecule has 114 valence electrons. The van der Waals surface area contributed by atoms with Crippen LogP contribution < -0.4 is 0 Å². The summed E-state index contributed by atoms with van der Waals surface area (Å²) in [4.78, 5) is 4.18. The van der Waals surface area contributed by atoms with Gasteiger partial charge in [-0.15, -0.1) is 0 Å². The Hall–Kier alpha value is 0.170. The predicted molar refractivity (Wildman–Crippen MR) is 89.6 cm³/mol. The molecule has 9 heteroatoms. The molecule has 4 atom stereocenters. The average molecular weight is 463 g/mol. The van der Waals surface area contributed by atoms with Crippen molar-refractivity contribution < 1.29 is 14.9 Å². The van der Waals surface area contributed by atoms with Crippen molar-refractivity contribution in [1.82, 2.24) is 9.55 Å². The van der Waals surface area contributed by atoms with Crippen LogP contribution in [0.4, 0.5) is 0 Å². The van der Waals surface area contributed by atoms with Crippen molar-refractivity contribution in [3.05, 3.63) is 27.5 Å². The Bertz CT molecular complexity index is 696. The lowest BCUT2D eigenvalue weighted by Crippen LogP contribution is -2.32. The van der Waals surface area contributed by atoms with Gasteiger partial charge in [0.25, 0.3) is 0 Å². The average Bonchev–Trinajstić information content (AvgIpc) is 2.89. The number of imidazole rings is 1. The first-order valence-electron chi connectivity index (χ1n) is 6.04. The minimum atomic E-state index is -1.10. The van der Waals surface area contributed by atoms with E-state index in [9.17, 15) is 10.2 Å². The molecule has 1 aliphatic rings. The normalized spacial score (nSPS) is 29.4. The maximum Gasteiger partial charge on any atom is 0.206 e. The van der Waals surface area contributed by atoms with Crippen LogP contribution in [-0.2, 0) is 4.74 Å². The zero-order chi connectivity index (χ0) is 15.3. The Morgan fingerprint density at radius 1 is 1.19 bits per heavy atom. The quantitative estimate of drug-likeness (QED) is 0.531. The molecule has 0 saturated carbocycles. The maximum absolute atomic E-state index is 10.2. The molecule has 1 aromatic heterocycles. The van der Waals surface area contributed by atoms with Gasteiger partial charge in [0.1, 0.15) is 12.2 Å². The van der Waals surface area contributed by atoms with Gasteiger partial charge >= 0.3 is 0 Å². The smallest absolute Gasteiger partial charge is 0.206 e. The van der Waals surface area contributed by atoms with Crippen LogP contribution >= 0.6 is 57.4 Å². The zero-order valence-corrected chi connectivity index (χ0v) is 14.8. The third-order valence-corrected chi connectivity index (χ3v) is 5.29. The number of halogens is 4. The van der Waals surface area contributed by atoms with E-state index in [-0.39, 0.29) is 5.28 Å². The van der Waals surface area contributed by atoms with Gasteiger partial charge in [-0.1, -0.05) is 45.8 Å². The number of hydrogen-bond donors (Lipinski definition) is 2. The first-order chi connectivity index (χ1) is 9.93. The summed E-state index contributed by atoms with van der Waals surface area (Å²) in [5.74, 6) is 0. The zero-order valence-electron chi connectivity index (χ0n) is 10.4. The number of alkyl halides is 1. The van der Waals surface area contributed by atoms with E-state index in [1.54, 1.807) is 12.1 Å². The number of rotatable bonds is 2. The standard InChI is InChI=1S/C12H10Cl3IN2O3/c13-4-1-6-7(2-5(4)14)18(12(15)17-6)11-10(20)9(19)8(3-16)21-11/h1-2,8-11,19-20H,3H2. The van der Waals surface area contributed by atoms with Gasteiger partial charge in [-0.05, 0) is 23.7 Å². The van der Waals surface area contributed by atoms with Gasteiger partial charge in [0.2, 0.25) is 5.28 Å². The van der Waals surface area contributed by atoms with E-state index in [0.29, 0.717) is 25.5 Å². The van der Waals surface area contributed by atoms with E-state index in [0.717, 1.165) is 0 Å². The molecule has 0 aliphatic carbocycles. The van der Waals surface area contributed by atoms with E-state index < -0.39 is 24.5 Å². The van der Waals surface area contributed by atoms with Gasteiger partial charge in [-0.25, -0.2) is 4.98 Å². The third-order valence-electron chi connectivity index (χ3n) is 3.43. The number of ether oxygens (including phenoxy) is 1. The SMILES string of the molecule is OC1C(CI)OC(n2c(Cl)nc3cc(Cl)c(Cl)cc32)C1O. The lowest BCUT2D eigenvalue weighted by atomic mass is 10.1. The molecule has 0 bridgehead atoms. The van der Waals surface area contributed by atoms with Crippen LogP contribution in [0.1, 0.15) is 6.23 Å². The fourth-order valence-electron chi connectivity index (χ4n) is 2.37. The molecular formula is C12H10Cl3IN2O3. The summed E-state index contributed by atoms with van der Waals surface area (Å²) < 4.78 is 7.75. The molecule has 0 spiro atoms. The van der Waals surface area contributed by atoms with Gasteiger partial charge in [0.15, 0.2) is 6.23 Å². The van der Waals surface area contributed by atoms with Crippen LogP contribution in [0.3, 0.4) is 0 Å². The van der Waals surface area contributed by atoms with Crippen LogP contribution in [-0.4, -0.2) is 42.5 Å². The van der Waals surface area contributed by atoms with Crippen LogP contribution in [0.5, 0.6) is 0 Å². The van der Waals surface area contributed by atoms with E-state index >= 15 is 0 Å². The minimum absolute atomic E-state index is 0.133. The van der Waals surface area contributed by atoms with Gasteiger partial charge in [-0.2, -0.15) is 0 Å². The third kappa shape index (κ3) is 2.65. The lowest BCUT2D eigenvalue weighted by Gasteiger charge is -2.18.